The zero-order chi connectivity index (χ0) is 31.1. The van der Waals surface area contributed by atoms with E-state index >= 15 is 0 Å². The molecule has 232 valence electrons. The van der Waals surface area contributed by atoms with Gasteiger partial charge in [0.1, 0.15) is 34.7 Å². The molecule has 0 saturated heterocycles. The number of sulfonamides is 1. The highest BCUT2D eigenvalue weighted by molar-refractivity contribution is 7.89. The third-order valence-electron chi connectivity index (χ3n) is 9.85. The van der Waals surface area contributed by atoms with Crippen molar-refractivity contribution < 1.29 is 26.1 Å². The summed E-state index contributed by atoms with van der Waals surface area (Å²) in [5.41, 5.74) is 7.38. The van der Waals surface area contributed by atoms with Crippen molar-refractivity contribution in [1.29, 1.82) is 0 Å². The van der Waals surface area contributed by atoms with Crippen LogP contribution in [0.5, 0.6) is 11.5 Å². The molecule has 11 heteroatoms. The molecule has 5 aliphatic rings. The Morgan fingerprint density at radius 2 is 1.62 bits per heavy atom. The van der Waals surface area contributed by atoms with Gasteiger partial charge in [-0.05, 0) is 68.4 Å². The number of rotatable bonds is 5. The van der Waals surface area contributed by atoms with E-state index in [0.29, 0.717) is 17.1 Å². The van der Waals surface area contributed by atoms with Crippen LogP contribution in [0.1, 0.15) is 59.1 Å². The molecule has 5 heterocycles. The summed E-state index contributed by atoms with van der Waals surface area (Å²) in [6.07, 6.45) is 12.7. The van der Waals surface area contributed by atoms with Gasteiger partial charge in [0.05, 0.1) is 21.9 Å². The van der Waals surface area contributed by atoms with Crippen LogP contribution in [0.4, 0.5) is 5.69 Å². The van der Waals surface area contributed by atoms with Gasteiger partial charge in [0.2, 0.25) is 15.4 Å². The van der Waals surface area contributed by atoms with Crippen LogP contribution in [-0.4, -0.2) is 54.1 Å². The van der Waals surface area contributed by atoms with Crippen LogP contribution >= 0.6 is 0 Å². The van der Waals surface area contributed by atoms with Crippen LogP contribution in [0.2, 0.25) is 0 Å². The van der Waals surface area contributed by atoms with Gasteiger partial charge >= 0.3 is 0 Å². The molecule has 45 heavy (non-hydrogen) atoms. The maximum atomic E-state index is 13.0. The van der Waals surface area contributed by atoms with Gasteiger partial charge in [-0.25, -0.2) is 21.4 Å². The lowest BCUT2D eigenvalue weighted by Gasteiger charge is -2.39. The van der Waals surface area contributed by atoms with E-state index in [4.69, 9.17) is 11.2 Å². The highest BCUT2D eigenvalue weighted by Crippen LogP contribution is 2.49. The number of hydrogen-bond donors (Lipinski definition) is 1. The molecule has 0 bridgehead atoms. The van der Waals surface area contributed by atoms with Crippen LogP contribution in [0.3, 0.4) is 0 Å². The quantitative estimate of drug-likeness (QED) is 0.201. The summed E-state index contributed by atoms with van der Waals surface area (Å²) in [4.78, 5) is 1.52. The monoisotopic (exact) mass is 643 g/mol. The van der Waals surface area contributed by atoms with E-state index in [1.807, 2.05) is 0 Å². The highest BCUT2D eigenvalue weighted by Gasteiger charge is 2.36. The van der Waals surface area contributed by atoms with E-state index in [0.717, 1.165) is 106 Å². The number of nitrogens with zero attached hydrogens (tertiary/aromatic N) is 2. The maximum Gasteiger partial charge on any atom is 0.241 e. The topological polar surface area (TPSA) is 119 Å². The van der Waals surface area contributed by atoms with Gasteiger partial charge in [-0.3, -0.25) is 0 Å². The molecular weight excluding hydrogens is 611 g/mol. The standard InChI is InChI=1S/C34H33N3O6S2/c1-2-13-35-44(38,39)23-11-12-24(29(20-23)45(40,41)42)30-27-18-21-7-3-14-36-16-5-9-25(31(21)36)33(27)43-34-26-10-6-17-37-15-4-8-22(32(26)37)19-28(30)34/h1,11-12,18-20,35H,3-10,13-17H2. The summed E-state index contributed by atoms with van der Waals surface area (Å²) < 4.78 is 76.5. The molecule has 0 unspecified atom stereocenters. The van der Waals surface area contributed by atoms with Gasteiger partial charge in [-0.2, -0.15) is 4.72 Å². The van der Waals surface area contributed by atoms with Gasteiger partial charge in [0.15, 0.2) is 0 Å². The van der Waals surface area contributed by atoms with E-state index in [1.54, 1.807) is 0 Å². The zero-order valence-corrected chi connectivity index (χ0v) is 26.4. The van der Waals surface area contributed by atoms with E-state index in [9.17, 15) is 21.4 Å². The number of benzene rings is 3. The molecule has 8 rings (SSSR count). The average molecular weight is 644 g/mol. The molecule has 9 nitrogen and oxygen atoms in total. The molecule has 0 fully saturated rings. The predicted molar refractivity (Wildman–Crippen MR) is 169 cm³/mol. The fourth-order valence-electron chi connectivity index (χ4n) is 8.11. The number of aryl methyl sites for hydroxylation is 2. The van der Waals surface area contributed by atoms with E-state index in [2.05, 4.69) is 32.3 Å². The summed E-state index contributed by atoms with van der Waals surface area (Å²) in [5.74, 6) is 3.65. The fourth-order valence-corrected chi connectivity index (χ4v) is 9.85. The molecule has 1 N–H and O–H groups in total. The molecule has 0 spiro atoms. The molecule has 0 amide bonds. The lowest BCUT2D eigenvalue weighted by Crippen LogP contribution is -2.45. The second-order valence-electron chi connectivity index (χ2n) is 12.5. The first-order chi connectivity index (χ1) is 21.7. The fraction of sp³-hybridized carbons (Fsp3) is 0.382. The molecule has 0 aromatic heterocycles. The van der Waals surface area contributed by atoms with E-state index < -0.39 is 25.0 Å². The summed E-state index contributed by atoms with van der Waals surface area (Å²) in [6.45, 7) is 3.68. The van der Waals surface area contributed by atoms with E-state index in [-0.39, 0.29) is 17.0 Å². The Bertz CT molecular complexity index is 2210. The van der Waals surface area contributed by atoms with E-state index in [1.165, 1.54) is 34.3 Å². The van der Waals surface area contributed by atoms with Crippen LogP contribution < -0.4 is 29.5 Å². The predicted octanol–water partition coefficient (Wildman–Crippen LogP) is 1.94. The Balaban J connectivity index is 1.50. The minimum atomic E-state index is -5.11. The number of fused-ring (bicyclic) bond motifs is 4. The smallest absolute Gasteiger partial charge is 0.241 e. The Morgan fingerprint density at radius 3 is 2.40 bits per heavy atom. The van der Waals surface area contributed by atoms with Crippen molar-refractivity contribution >= 4 is 31.4 Å². The molecular formula is C34H33N3O6S2. The van der Waals surface area contributed by atoms with Crippen molar-refractivity contribution in [3.8, 4) is 23.8 Å². The van der Waals surface area contributed by atoms with Crippen LogP contribution in [0.15, 0.2) is 40.1 Å². The molecule has 0 saturated carbocycles. The number of nitrogens with one attached hydrogen (secondary N) is 1. The van der Waals surface area contributed by atoms with Gasteiger partial charge in [0, 0.05) is 64.7 Å². The Hall–Kier alpha value is -3.69. The first kappa shape index (κ1) is 28.8. The lowest BCUT2D eigenvalue weighted by molar-refractivity contribution is 0.431. The number of terminal acetylenes is 1. The first-order valence-electron chi connectivity index (χ1n) is 15.6. The number of hydrogen-bond acceptors (Lipinski definition) is 7. The lowest BCUT2D eigenvalue weighted by atomic mass is 9.82. The average Bonchev–Trinajstić information content (AvgIpc) is 3.03. The molecule has 0 aliphatic carbocycles. The van der Waals surface area contributed by atoms with Crippen molar-refractivity contribution in [3.05, 3.63) is 74.3 Å². The summed E-state index contributed by atoms with van der Waals surface area (Å²) in [6, 6.07) is 7.99. The Morgan fingerprint density at radius 1 is 0.889 bits per heavy atom. The zero-order valence-electron chi connectivity index (χ0n) is 24.8. The summed E-state index contributed by atoms with van der Waals surface area (Å²) in [7, 11) is -9.27. The second-order valence-corrected chi connectivity index (χ2v) is 15.6. The molecule has 0 radical (unpaired) electrons. The van der Waals surface area contributed by atoms with Gasteiger partial charge in [-0.15, -0.1) is 6.42 Å². The maximum absolute atomic E-state index is 13.0. The summed E-state index contributed by atoms with van der Waals surface area (Å²) in [5, 5.41) is 1.97. The van der Waals surface area contributed by atoms with Gasteiger partial charge in [0.25, 0.3) is 0 Å². The van der Waals surface area contributed by atoms with Crippen molar-refractivity contribution in [1.82, 2.24) is 9.30 Å². The van der Waals surface area contributed by atoms with Gasteiger partial charge in [-0.1, -0.05) is 12.0 Å². The second kappa shape index (κ2) is 10.4. The van der Waals surface area contributed by atoms with Crippen molar-refractivity contribution in [2.75, 3.05) is 37.6 Å². The highest BCUT2D eigenvalue weighted by atomic mass is 32.2. The van der Waals surface area contributed by atoms with Crippen LogP contribution in [-0.2, 0) is 45.8 Å². The van der Waals surface area contributed by atoms with Gasteiger partial charge < -0.3 is 14.2 Å². The third-order valence-corrected chi connectivity index (χ3v) is 12.1. The third kappa shape index (κ3) is 4.53. The number of ether oxygens (including phenoxy) is 1. The molecule has 3 aromatic carbocycles. The normalized spacial score (nSPS) is 18.3. The molecule has 0 atom stereocenters. The first-order valence-corrected chi connectivity index (χ1v) is 18.5. The Labute approximate surface area is 263 Å². The minimum Gasteiger partial charge on any atom is -0.744 e. The van der Waals surface area contributed by atoms with Crippen molar-refractivity contribution in [3.63, 3.8) is 0 Å². The number of anilines is 1. The SMILES string of the molecule is C#CCNS(=O)(=O)c1ccc(C2=c3cc4c5c(c3Oc3c2cc2c6c3CCCN6CCC2)CCC[N+]=5CCC4)c(S(=O)(=O)[O-])c1. The van der Waals surface area contributed by atoms with Crippen LogP contribution in [0, 0.1) is 12.3 Å². The molecule has 5 aliphatic heterocycles. The Kier molecular flexibility index (Phi) is 6.66. The van der Waals surface area contributed by atoms with Crippen molar-refractivity contribution in [2.45, 2.75) is 61.2 Å². The minimum absolute atomic E-state index is 0.179. The van der Waals surface area contributed by atoms with Crippen LogP contribution in [0.25, 0.3) is 5.57 Å². The largest absolute Gasteiger partial charge is 0.744 e. The van der Waals surface area contributed by atoms with Crippen molar-refractivity contribution in [2.24, 2.45) is 0 Å². The summed E-state index contributed by atoms with van der Waals surface area (Å²) >= 11 is 0. The molecule has 3 aromatic rings.